The second-order valence-corrected chi connectivity index (χ2v) is 6.59. The van der Waals surface area contributed by atoms with E-state index in [2.05, 4.69) is 5.32 Å². The van der Waals surface area contributed by atoms with Crippen LogP contribution in [0.5, 0.6) is 0 Å². The van der Waals surface area contributed by atoms with Crippen LogP contribution in [-0.4, -0.2) is 29.7 Å². The van der Waals surface area contributed by atoms with Gasteiger partial charge in [0, 0.05) is 5.69 Å². The normalized spacial score (nSPS) is 11.5. The minimum atomic E-state index is -1.21. The minimum Gasteiger partial charge on any atom is -0.465 e. The zero-order valence-electron chi connectivity index (χ0n) is 15.4. The summed E-state index contributed by atoms with van der Waals surface area (Å²) in [5.74, 6) is -0.368. The third-order valence-electron chi connectivity index (χ3n) is 4.11. The number of anilines is 1. The lowest BCUT2D eigenvalue weighted by atomic mass is 10.0. The van der Waals surface area contributed by atoms with Gasteiger partial charge in [-0.1, -0.05) is 56.3 Å². The van der Waals surface area contributed by atoms with Gasteiger partial charge in [-0.3, -0.25) is 9.69 Å². The highest BCUT2D eigenvalue weighted by molar-refractivity contribution is 5.97. The van der Waals surface area contributed by atoms with Gasteiger partial charge in [-0.2, -0.15) is 5.26 Å². The third kappa shape index (κ3) is 5.32. The molecule has 0 fully saturated rings. The summed E-state index contributed by atoms with van der Waals surface area (Å²) in [6, 6.07) is 17.7. The van der Waals surface area contributed by atoms with Crippen molar-refractivity contribution < 1.29 is 14.7 Å². The number of nitrogens with one attached hydrogen (secondary N) is 1. The molecule has 0 aliphatic carbocycles. The van der Waals surface area contributed by atoms with Crippen molar-refractivity contribution in [3.8, 4) is 17.2 Å². The number of hydrogen-bond donors (Lipinski definition) is 2. The Morgan fingerprint density at radius 1 is 1.07 bits per heavy atom. The molecule has 140 valence electrons. The molecule has 27 heavy (non-hydrogen) atoms. The summed E-state index contributed by atoms with van der Waals surface area (Å²) < 4.78 is 0. The maximum Gasteiger partial charge on any atom is 0.412 e. The van der Waals surface area contributed by atoms with Crippen LogP contribution >= 0.6 is 0 Å². The highest BCUT2D eigenvalue weighted by Gasteiger charge is 2.31. The lowest BCUT2D eigenvalue weighted by molar-refractivity contribution is -0.122. The summed E-state index contributed by atoms with van der Waals surface area (Å²) in [5, 5.41) is 20.9. The lowest BCUT2D eigenvalue weighted by Crippen LogP contribution is -2.50. The highest BCUT2D eigenvalue weighted by atomic mass is 16.4. The zero-order valence-corrected chi connectivity index (χ0v) is 15.4. The first kappa shape index (κ1) is 20.0. The maximum absolute atomic E-state index is 12.5. The molecule has 1 unspecified atom stereocenters. The van der Waals surface area contributed by atoms with Crippen LogP contribution in [0.25, 0.3) is 11.1 Å². The number of hydrogen-bond acceptors (Lipinski definition) is 3. The number of nitriles is 1. The molecule has 0 bridgehead atoms. The molecule has 2 amide bonds. The van der Waals surface area contributed by atoms with Crippen molar-refractivity contribution in [2.75, 3.05) is 11.4 Å². The number of benzene rings is 2. The predicted octanol–water partition coefficient (Wildman–Crippen LogP) is 3.89. The molecule has 0 aromatic heterocycles. The van der Waals surface area contributed by atoms with Crippen LogP contribution in [0.2, 0.25) is 0 Å². The van der Waals surface area contributed by atoms with Crippen molar-refractivity contribution in [1.29, 1.82) is 5.26 Å². The first-order chi connectivity index (χ1) is 12.9. The Morgan fingerprint density at radius 3 is 2.19 bits per heavy atom. The summed E-state index contributed by atoms with van der Waals surface area (Å²) in [7, 11) is 0. The van der Waals surface area contributed by atoms with E-state index in [1.165, 1.54) is 0 Å². The Bertz CT molecular complexity index is 811. The Kier molecular flexibility index (Phi) is 6.95. The molecule has 0 aliphatic heterocycles. The van der Waals surface area contributed by atoms with E-state index in [0.29, 0.717) is 12.1 Å². The fourth-order valence-electron chi connectivity index (χ4n) is 2.89. The topological polar surface area (TPSA) is 93.4 Å². The minimum absolute atomic E-state index is 0.105. The van der Waals surface area contributed by atoms with Crippen LogP contribution in [0.1, 0.15) is 20.3 Å². The molecule has 0 heterocycles. The Labute approximate surface area is 159 Å². The summed E-state index contributed by atoms with van der Waals surface area (Å²) >= 11 is 0. The van der Waals surface area contributed by atoms with Crippen LogP contribution in [0.4, 0.5) is 10.5 Å². The summed E-state index contributed by atoms with van der Waals surface area (Å²) in [6.07, 6.45) is -0.857. The van der Waals surface area contributed by atoms with Gasteiger partial charge in [0.1, 0.15) is 12.6 Å². The molecule has 2 rings (SSSR count). The van der Waals surface area contributed by atoms with Gasteiger partial charge in [0.15, 0.2) is 0 Å². The molecule has 0 saturated carbocycles. The second kappa shape index (κ2) is 9.39. The molecule has 6 heteroatoms. The third-order valence-corrected chi connectivity index (χ3v) is 4.11. The molecule has 2 aromatic carbocycles. The quantitative estimate of drug-likeness (QED) is 0.728. The number of carbonyl (C=O) groups excluding carboxylic acids is 1. The number of nitrogens with zero attached hydrogens (tertiary/aromatic N) is 2. The van der Waals surface area contributed by atoms with Crippen LogP contribution in [0.3, 0.4) is 0 Å². The largest absolute Gasteiger partial charge is 0.465 e. The number of carboxylic acid groups (broad SMARTS) is 1. The van der Waals surface area contributed by atoms with Crippen LogP contribution in [0.15, 0.2) is 54.6 Å². The van der Waals surface area contributed by atoms with Gasteiger partial charge in [-0.15, -0.1) is 0 Å². The molecule has 6 nitrogen and oxygen atoms in total. The molecule has 0 radical (unpaired) electrons. The molecule has 2 N–H and O–H groups in total. The molecule has 2 aromatic rings. The molecule has 0 aliphatic rings. The standard InChI is InChI=1S/C21H23N3O3/c1-15(2)14-19(20(25)23-13-12-22)24(21(26)27)18-10-8-17(9-11-18)16-6-4-3-5-7-16/h3-11,15,19H,13-14H2,1-2H3,(H,23,25)(H,26,27). The van der Waals surface area contributed by atoms with Gasteiger partial charge in [0.2, 0.25) is 5.91 Å². The van der Waals surface area contributed by atoms with E-state index in [-0.39, 0.29) is 12.5 Å². The Hall–Kier alpha value is -3.33. The average Bonchev–Trinajstić information content (AvgIpc) is 2.66. The fraction of sp³-hybridized carbons (Fsp3) is 0.286. The van der Waals surface area contributed by atoms with E-state index >= 15 is 0 Å². The molecule has 1 atom stereocenters. The highest BCUT2D eigenvalue weighted by Crippen LogP contribution is 2.26. The smallest absolute Gasteiger partial charge is 0.412 e. The Morgan fingerprint density at radius 2 is 1.67 bits per heavy atom. The SMILES string of the molecule is CC(C)CC(C(=O)NCC#N)N(C(=O)O)c1ccc(-c2ccccc2)cc1. The lowest BCUT2D eigenvalue weighted by Gasteiger charge is -2.29. The van der Waals surface area contributed by atoms with E-state index in [1.54, 1.807) is 12.1 Å². The molecule has 0 spiro atoms. The van der Waals surface area contributed by atoms with Gasteiger partial charge in [-0.25, -0.2) is 4.79 Å². The van der Waals surface area contributed by atoms with Crippen LogP contribution < -0.4 is 10.2 Å². The van der Waals surface area contributed by atoms with Crippen LogP contribution in [0, 0.1) is 17.2 Å². The van der Waals surface area contributed by atoms with Crippen molar-refractivity contribution in [3.63, 3.8) is 0 Å². The summed E-state index contributed by atoms with van der Waals surface area (Å²) in [6.45, 7) is 3.68. The number of rotatable bonds is 7. The second-order valence-electron chi connectivity index (χ2n) is 6.59. The number of carbonyl (C=O) groups is 2. The number of amides is 2. The molecular weight excluding hydrogens is 342 g/mol. The first-order valence-electron chi connectivity index (χ1n) is 8.76. The molecular formula is C21H23N3O3. The first-order valence-corrected chi connectivity index (χ1v) is 8.76. The predicted molar refractivity (Wildman–Crippen MR) is 104 cm³/mol. The van der Waals surface area contributed by atoms with Gasteiger partial charge in [-0.05, 0) is 35.6 Å². The van der Waals surface area contributed by atoms with Crippen molar-refractivity contribution in [2.24, 2.45) is 5.92 Å². The monoisotopic (exact) mass is 365 g/mol. The Balaban J connectivity index is 2.34. The van der Waals surface area contributed by atoms with Gasteiger partial charge < -0.3 is 10.4 Å². The van der Waals surface area contributed by atoms with E-state index < -0.39 is 18.0 Å². The van der Waals surface area contributed by atoms with Crippen molar-refractivity contribution >= 4 is 17.7 Å². The summed E-state index contributed by atoms with van der Waals surface area (Å²) in [5.41, 5.74) is 2.40. The van der Waals surface area contributed by atoms with Crippen molar-refractivity contribution in [2.45, 2.75) is 26.3 Å². The van der Waals surface area contributed by atoms with Crippen molar-refractivity contribution in [1.82, 2.24) is 5.32 Å². The molecule has 0 saturated heterocycles. The van der Waals surface area contributed by atoms with Gasteiger partial charge >= 0.3 is 6.09 Å². The fourth-order valence-corrected chi connectivity index (χ4v) is 2.89. The van der Waals surface area contributed by atoms with Gasteiger partial charge in [0.05, 0.1) is 6.07 Å². The van der Waals surface area contributed by atoms with E-state index in [1.807, 2.05) is 62.4 Å². The van der Waals surface area contributed by atoms with E-state index in [0.717, 1.165) is 16.0 Å². The van der Waals surface area contributed by atoms with E-state index in [9.17, 15) is 14.7 Å². The summed E-state index contributed by atoms with van der Waals surface area (Å²) in [4.78, 5) is 25.5. The zero-order chi connectivity index (χ0) is 19.8. The average molecular weight is 365 g/mol. The van der Waals surface area contributed by atoms with Gasteiger partial charge in [0.25, 0.3) is 0 Å². The van der Waals surface area contributed by atoms with Crippen LogP contribution in [-0.2, 0) is 4.79 Å². The van der Waals surface area contributed by atoms with Crippen molar-refractivity contribution in [3.05, 3.63) is 54.6 Å². The maximum atomic E-state index is 12.5. The van der Waals surface area contributed by atoms with E-state index in [4.69, 9.17) is 5.26 Å².